The van der Waals surface area contributed by atoms with Gasteiger partial charge in [0.05, 0.1) is 30.2 Å². The van der Waals surface area contributed by atoms with E-state index in [1.807, 2.05) is 6.92 Å². The van der Waals surface area contributed by atoms with E-state index in [1.54, 1.807) is 30.1 Å². The molecule has 1 atom stereocenters. The number of nitrogens with zero attached hydrogens (tertiary/aromatic N) is 6. The van der Waals surface area contributed by atoms with E-state index in [4.69, 9.17) is 4.74 Å². The zero-order valence-electron chi connectivity index (χ0n) is 19.2. The number of benzene rings is 2. The fourth-order valence-electron chi connectivity index (χ4n) is 4.54. The second kappa shape index (κ2) is 8.57. The van der Waals surface area contributed by atoms with E-state index in [0.29, 0.717) is 41.4 Å². The maximum atomic E-state index is 13.9. The molecule has 0 unspecified atom stereocenters. The van der Waals surface area contributed by atoms with Crippen molar-refractivity contribution in [1.82, 2.24) is 29.4 Å². The van der Waals surface area contributed by atoms with Gasteiger partial charge in [-0.15, -0.1) is 0 Å². The Morgan fingerprint density at radius 1 is 1.11 bits per heavy atom. The van der Waals surface area contributed by atoms with Crippen molar-refractivity contribution in [2.24, 2.45) is 7.05 Å². The van der Waals surface area contributed by atoms with Gasteiger partial charge < -0.3 is 9.64 Å². The summed E-state index contributed by atoms with van der Waals surface area (Å²) >= 11 is 0. The molecule has 1 aliphatic rings. The van der Waals surface area contributed by atoms with Gasteiger partial charge in [0.15, 0.2) is 17.5 Å². The molecule has 0 saturated carbocycles. The number of amides is 1. The van der Waals surface area contributed by atoms with Crippen LogP contribution in [0.5, 0.6) is 5.75 Å². The monoisotopic (exact) mass is 482 g/mol. The van der Waals surface area contributed by atoms with Crippen LogP contribution in [0.1, 0.15) is 34.6 Å². The molecule has 4 aromatic rings. The number of methoxy groups -OCH3 is 1. The molecule has 11 heteroatoms. The predicted molar refractivity (Wildman–Crippen MR) is 120 cm³/mol. The van der Waals surface area contributed by atoms with Crippen LogP contribution in [-0.4, -0.2) is 49.0 Å². The maximum Gasteiger partial charge on any atom is 0.254 e. The van der Waals surface area contributed by atoms with Crippen LogP contribution in [-0.2, 0) is 13.5 Å². The van der Waals surface area contributed by atoms with E-state index in [2.05, 4.69) is 15.2 Å². The Morgan fingerprint density at radius 3 is 2.51 bits per heavy atom. The van der Waals surface area contributed by atoms with E-state index >= 15 is 0 Å². The molecular formula is C24H21F3N6O2. The average molecular weight is 482 g/mol. The van der Waals surface area contributed by atoms with Gasteiger partial charge in [0.25, 0.3) is 5.91 Å². The van der Waals surface area contributed by atoms with Gasteiger partial charge in [0, 0.05) is 36.3 Å². The fourth-order valence-corrected chi connectivity index (χ4v) is 4.54. The van der Waals surface area contributed by atoms with Crippen molar-refractivity contribution >= 4 is 5.91 Å². The van der Waals surface area contributed by atoms with Crippen molar-refractivity contribution in [3.05, 3.63) is 77.3 Å². The van der Waals surface area contributed by atoms with Gasteiger partial charge in [-0.05, 0) is 37.6 Å². The molecule has 0 radical (unpaired) electrons. The zero-order valence-corrected chi connectivity index (χ0v) is 19.2. The summed E-state index contributed by atoms with van der Waals surface area (Å²) < 4.78 is 49.7. The van der Waals surface area contributed by atoms with Gasteiger partial charge in [-0.1, -0.05) is 0 Å². The zero-order chi connectivity index (χ0) is 24.9. The minimum atomic E-state index is -1.52. The van der Waals surface area contributed by atoms with E-state index in [0.717, 1.165) is 17.7 Å². The van der Waals surface area contributed by atoms with Crippen molar-refractivity contribution in [3.8, 4) is 22.7 Å². The van der Waals surface area contributed by atoms with E-state index in [9.17, 15) is 18.0 Å². The number of carbonyl (C=O) groups excluding carboxylic acids is 1. The van der Waals surface area contributed by atoms with E-state index < -0.39 is 23.5 Å². The Balaban J connectivity index is 1.50. The number of hydrogen-bond donors (Lipinski definition) is 0. The first kappa shape index (κ1) is 22.6. The Labute approximate surface area is 198 Å². The van der Waals surface area contributed by atoms with Gasteiger partial charge >= 0.3 is 0 Å². The normalized spacial score (nSPS) is 15.3. The molecule has 0 saturated heterocycles. The highest BCUT2D eigenvalue weighted by Gasteiger charge is 2.34. The van der Waals surface area contributed by atoms with Gasteiger partial charge in [0.2, 0.25) is 0 Å². The van der Waals surface area contributed by atoms with Crippen LogP contribution in [0.3, 0.4) is 0 Å². The average Bonchev–Trinajstić information content (AvgIpc) is 3.50. The molecule has 0 aliphatic carbocycles. The lowest BCUT2D eigenvalue weighted by molar-refractivity contribution is 0.0673. The lowest BCUT2D eigenvalue weighted by Gasteiger charge is -2.33. The lowest BCUT2D eigenvalue weighted by atomic mass is 9.95. The van der Waals surface area contributed by atoms with Crippen molar-refractivity contribution < 1.29 is 22.7 Å². The van der Waals surface area contributed by atoms with Gasteiger partial charge in [-0.25, -0.2) is 22.8 Å². The minimum absolute atomic E-state index is 0.190. The van der Waals surface area contributed by atoms with Crippen LogP contribution in [0.2, 0.25) is 0 Å². The van der Waals surface area contributed by atoms with Gasteiger partial charge in [-0.3, -0.25) is 9.48 Å². The molecule has 5 rings (SSSR count). The number of fused-ring (bicyclic) bond motifs is 1. The molecule has 8 nitrogen and oxygen atoms in total. The molecule has 1 amide bonds. The summed E-state index contributed by atoms with van der Waals surface area (Å²) in [7, 11) is 3.17. The molecule has 1 aliphatic heterocycles. The van der Waals surface area contributed by atoms with Crippen LogP contribution in [0, 0.1) is 17.5 Å². The smallest absolute Gasteiger partial charge is 0.254 e. The standard InChI is InChI=1S/C24H21F3N6O2/c1-13-22-18(23(31(2)30-22)14-8-19(25)21(27)20(26)9-14)4-5-32(13)24(34)15-6-16(10-17(7-15)35-3)33-12-28-11-29-33/h6-13H,4-5H2,1-3H3/t13-/m0/s1. The quantitative estimate of drug-likeness (QED) is 0.413. The number of ether oxygens (including phenoxy) is 1. The van der Waals surface area contributed by atoms with Crippen molar-refractivity contribution in [2.45, 2.75) is 19.4 Å². The number of hydrogen-bond acceptors (Lipinski definition) is 5. The Kier molecular flexibility index (Phi) is 5.54. The number of rotatable bonds is 4. The predicted octanol–water partition coefficient (Wildman–Crippen LogP) is 3.85. The SMILES string of the molecule is COc1cc(C(=O)N2CCc3c(nn(C)c3-c3cc(F)c(F)c(F)c3)[C@@H]2C)cc(-n2cncn2)c1. The molecule has 180 valence electrons. The molecular weight excluding hydrogens is 461 g/mol. The summed E-state index contributed by atoms with van der Waals surface area (Å²) in [6, 6.07) is 6.60. The number of aryl methyl sites for hydroxylation is 1. The molecule has 2 aromatic heterocycles. The summed E-state index contributed by atoms with van der Waals surface area (Å²) in [4.78, 5) is 19.2. The fraction of sp³-hybridized carbons (Fsp3) is 0.250. The third-order valence-electron chi connectivity index (χ3n) is 6.22. The Bertz CT molecular complexity index is 1410. The van der Waals surface area contributed by atoms with Crippen LogP contribution in [0.25, 0.3) is 16.9 Å². The minimum Gasteiger partial charge on any atom is -0.497 e. The summed E-state index contributed by atoms with van der Waals surface area (Å²) in [5, 5.41) is 8.66. The Hall–Kier alpha value is -4.15. The Morgan fingerprint density at radius 2 is 1.86 bits per heavy atom. The third-order valence-corrected chi connectivity index (χ3v) is 6.22. The van der Waals surface area contributed by atoms with Crippen molar-refractivity contribution in [2.75, 3.05) is 13.7 Å². The highest BCUT2D eigenvalue weighted by molar-refractivity contribution is 5.95. The second-order valence-corrected chi connectivity index (χ2v) is 8.27. The van der Waals surface area contributed by atoms with E-state index in [1.165, 1.54) is 29.1 Å². The highest BCUT2D eigenvalue weighted by atomic mass is 19.2. The maximum absolute atomic E-state index is 13.9. The van der Waals surface area contributed by atoms with Crippen molar-refractivity contribution in [1.29, 1.82) is 0 Å². The summed E-state index contributed by atoms with van der Waals surface area (Å²) in [5.41, 5.74) is 3.09. The molecule has 0 fully saturated rings. The molecule has 3 heterocycles. The number of aromatic nitrogens is 5. The molecule has 35 heavy (non-hydrogen) atoms. The first-order valence-corrected chi connectivity index (χ1v) is 10.8. The first-order chi connectivity index (χ1) is 16.8. The summed E-state index contributed by atoms with van der Waals surface area (Å²) in [6.07, 6.45) is 3.33. The molecule has 0 N–H and O–H groups in total. The van der Waals surface area contributed by atoms with Gasteiger partial charge in [0.1, 0.15) is 18.4 Å². The van der Waals surface area contributed by atoms with E-state index in [-0.39, 0.29) is 11.5 Å². The largest absolute Gasteiger partial charge is 0.497 e. The molecule has 0 bridgehead atoms. The number of halogens is 3. The second-order valence-electron chi connectivity index (χ2n) is 8.27. The molecule has 2 aromatic carbocycles. The van der Waals surface area contributed by atoms with Crippen molar-refractivity contribution in [3.63, 3.8) is 0 Å². The van der Waals surface area contributed by atoms with Crippen LogP contribution >= 0.6 is 0 Å². The first-order valence-electron chi connectivity index (χ1n) is 10.8. The lowest BCUT2D eigenvalue weighted by Crippen LogP contribution is -2.39. The summed E-state index contributed by atoms with van der Waals surface area (Å²) in [5.74, 6) is -3.78. The van der Waals surface area contributed by atoms with Crippen LogP contribution in [0.15, 0.2) is 43.0 Å². The summed E-state index contributed by atoms with van der Waals surface area (Å²) in [6.45, 7) is 2.20. The van der Waals surface area contributed by atoms with Crippen LogP contribution in [0.4, 0.5) is 13.2 Å². The topological polar surface area (TPSA) is 78.1 Å². The van der Waals surface area contributed by atoms with Crippen LogP contribution < -0.4 is 4.74 Å². The number of carbonyl (C=O) groups is 1. The molecule has 0 spiro atoms. The highest BCUT2D eigenvalue weighted by Crippen LogP contribution is 2.37. The van der Waals surface area contributed by atoms with Gasteiger partial charge in [-0.2, -0.15) is 10.2 Å². The third kappa shape index (κ3) is 3.82.